The highest BCUT2D eigenvalue weighted by Gasteiger charge is 2.51. The number of carbonyl (C=O) groups is 8. The van der Waals surface area contributed by atoms with Gasteiger partial charge in [-0.15, -0.1) is 11.3 Å². The smallest absolute Gasteiger partial charge is 0.399 e. The van der Waals surface area contributed by atoms with Gasteiger partial charge in [-0.05, 0) is 82.4 Å². The first-order valence-corrected chi connectivity index (χ1v) is 27.3. The standard InChI is InChI=1S/C55H53F2N6O13PS/c1-54(2,3)47(60-49(67)44-27-34-24-36(14-18-43(34)78-44)55(56,57)77(72,73)74)53(71)62-28-35-25-37(15-13-33(35)26-41(62)52(70)61-21-22-75-42(29-61)32-10-5-4-6-11-32)76-30-46(65)58-20-8-7-9-31-12-16-38-39(23-31)51(69)63(50(38)68)40-17-19-45(64)59-48(40)66/h4-6,10-16,18,23-25,27,40-42,47H,8,17,19-22,26,28-30H2,1-3H3,(H,58,65)(H,60,67)(H,59,64,66)(H2,72,73,74)/t40?,41-,42-,47+/m0/s1. The molecule has 406 valence electrons. The van der Waals surface area contributed by atoms with Crippen molar-refractivity contribution in [2.45, 2.75) is 82.9 Å². The zero-order valence-electron chi connectivity index (χ0n) is 42.4. The fourth-order valence-corrected chi connectivity index (χ4v) is 11.2. The highest BCUT2D eigenvalue weighted by atomic mass is 32.1. The van der Waals surface area contributed by atoms with Crippen molar-refractivity contribution in [2.75, 3.05) is 32.8 Å². The second-order valence-electron chi connectivity index (χ2n) is 20.3. The maximum Gasteiger partial charge on any atom is 0.399 e. The van der Waals surface area contributed by atoms with E-state index >= 15 is 4.79 Å². The average molecular weight is 1110 g/mol. The zero-order valence-corrected chi connectivity index (χ0v) is 44.1. The Balaban J connectivity index is 0.873. The molecule has 1 aromatic heterocycles. The number of benzene rings is 4. The first-order valence-electron chi connectivity index (χ1n) is 24.9. The molecule has 8 amide bonds. The minimum absolute atomic E-state index is 0.00192. The Kier molecular flexibility index (Phi) is 15.5. The number of ether oxygens (including phenoxy) is 2. The van der Waals surface area contributed by atoms with Crippen molar-refractivity contribution in [3.63, 3.8) is 0 Å². The number of rotatable bonds is 13. The second kappa shape index (κ2) is 22.0. The minimum Gasteiger partial charge on any atom is -0.484 e. The monoisotopic (exact) mass is 1110 g/mol. The summed E-state index contributed by atoms with van der Waals surface area (Å²) < 4.78 is 53.2. The third-order valence-corrected chi connectivity index (χ3v) is 16.0. The van der Waals surface area contributed by atoms with Gasteiger partial charge in [0.1, 0.15) is 30.0 Å². The maximum absolute atomic E-state index is 15.1. The summed E-state index contributed by atoms with van der Waals surface area (Å²) in [5.74, 6) is 1.58. The van der Waals surface area contributed by atoms with Gasteiger partial charge in [0, 0.05) is 54.7 Å². The molecule has 1 unspecified atom stereocenters. The lowest BCUT2D eigenvalue weighted by atomic mass is 9.84. The van der Waals surface area contributed by atoms with E-state index < -0.39 is 89.8 Å². The first-order chi connectivity index (χ1) is 37.0. The van der Waals surface area contributed by atoms with Crippen LogP contribution in [0.25, 0.3) is 10.1 Å². The Morgan fingerprint density at radius 1 is 0.936 bits per heavy atom. The van der Waals surface area contributed by atoms with E-state index in [0.717, 1.165) is 39.5 Å². The molecule has 0 bridgehead atoms. The fraction of sp³-hybridized carbons (Fsp3) is 0.345. The molecule has 0 spiro atoms. The molecule has 0 saturated carbocycles. The molecule has 2 fully saturated rings. The Labute approximate surface area is 449 Å². The molecule has 0 radical (unpaired) electrons. The van der Waals surface area contributed by atoms with Crippen molar-refractivity contribution in [3.05, 3.63) is 135 Å². The minimum atomic E-state index is -5.87. The quantitative estimate of drug-likeness (QED) is 0.0442. The molecule has 2 saturated heterocycles. The highest BCUT2D eigenvalue weighted by Crippen LogP contribution is 2.59. The molecule has 4 atom stereocenters. The van der Waals surface area contributed by atoms with E-state index in [0.29, 0.717) is 21.6 Å². The SMILES string of the molecule is CC(C)(C)[C@H](NC(=O)c1cc2cc(C(F)(F)P(=O)(O)O)ccc2s1)C(=O)N1Cc2cc(OCC(=O)NCCC#Cc3ccc4c(c3)C(=O)N(C3CCC(=O)NC3=O)C4=O)ccc2C[C@H]1C(=O)N1CCO[C@H](c2ccccc2)C1. The van der Waals surface area contributed by atoms with Crippen molar-refractivity contribution in [3.8, 4) is 17.6 Å². The van der Waals surface area contributed by atoms with Crippen molar-refractivity contribution in [2.24, 2.45) is 5.41 Å². The Bertz CT molecular complexity index is 3400. The maximum atomic E-state index is 15.1. The summed E-state index contributed by atoms with van der Waals surface area (Å²) in [6.45, 7) is 5.61. The summed E-state index contributed by atoms with van der Waals surface area (Å²) >= 11 is 0.935. The van der Waals surface area contributed by atoms with Gasteiger partial charge in [-0.1, -0.05) is 75.1 Å². The summed E-state index contributed by atoms with van der Waals surface area (Å²) in [6, 6.07) is 20.0. The number of hydrogen-bond donors (Lipinski definition) is 5. The zero-order chi connectivity index (χ0) is 55.8. The number of nitrogens with one attached hydrogen (secondary N) is 3. The van der Waals surface area contributed by atoms with Crippen LogP contribution in [-0.2, 0) is 51.9 Å². The summed E-state index contributed by atoms with van der Waals surface area (Å²) in [6.07, 6.45) is -0.0856. The molecular weight excluding hydrogens is 1050 g/mol. The lowest BCUT2D eigenvalue weighted by molar-refractivity contribution is -0.153. The number of thiophene rings is 1. The van der Waals surface area contributed by atoms with Crippen LogP contribution < -0.4 is 20.7 Å². The van der Waals surface area contributed by atoms with Gasteiger partial charge >= 0.3 is 13.3 Å². The number of halogens is 2. The summed E-state index contributed by atoms with van der Waals surface area (Å²) in [5.41, 5.74) is -3.46. The van der Waals surface area contributed by atoms with Crippen LogP contribution in [0.1, 0.15) is 104 Å². The summed E-state index contributed by atoms with van der Waals surface area (Å²) in [5, 5.41) is 7.86. The molecule has 5 aromatic rings. The van der Waals surface area contributed by atoms with Crippen LogP contribution in [0.2, 0.25) is 0 Å². The van der Waals surface area contributed by atoms with E-state index in [1.54, 1.807) is 49.9 Å². The van der Waals surface area contributed by atoms with Gasteiger partial charge in [-0.25, -0.2) is 0 Å². The van der Waals surface area contributed by atoms with Crippen LogP contribution in [0.5, 0.6) is 5.75 Å². The highest BCUT2D eigenvalue weighted by molar-refractivity contribution is 7.52. The van der Waals surface area contributed by atoms with Gasteiger partial charge in [0.25, 0.3) is 23.6 Å². The largest absolute Gasteiger partial charge is 0.484 e. The predicted molar refractivity (Wildman–Crippen MR) is 278 cm³/mol. The number of hydrogen-bond acceptors (Lipinski definition) is 12. The number of amides is 8. The van der Waals surface area contributed by atoms with E-state index in [4.69, 9.17) is 9.47 Å². The molecule has 5 N–H and O–H groups in total. The molecule has 4 aliphatic heterocycles. The van der Waals surface area contributed by atoms with Crippen molar-refractivity contribution in [1.82, 2.24) is 30.7 Å². The normalized spacial score (nSPS) is 19.1. The van der Waals surface area contributed by atoms with Crippen LogP contribution in [0.15, 0.2) is 91.0 Å². The van der Waals surface area contributed by atoms with Crippen LogP contribution in [-0.4, -0.2) is 123 Å². The number of carbonyl (C=O) groups excluding carboxylic acids is 8. The van der Waals surface area contributed by atoms with Gasteiger partial charge in [-0.3, -0.25) is 53.1 Å². The van der Waals surface area contributed by atoms with E-state index in [-0.39, 0.29) is 92.4 Å². The number of nitrogens with zero attached hydrogens (tertiary/aromatic N) is 3. The number of fused-ring (bicyclic) bond motifs is 3. The first kappa shape index (κ1) is 55.1. The molecular formula is C55H53F2N6O13PS. The van der Waals surface area contributed by atoms with Gasteiger partial charge < -0.3 is 39.7 Å². The van der Waals surface area contributed by atoms with Crippen molar-refractivity contribution >= 4 is 76.3 Å². The number of imide groups is 2. The van der Waals surface area contributed by atoms with Crippen molar-refractivity contribution in [1.29, 1.82) is 0 Å². The summed E-state index contributed by atoms with van der Waals surface area (Å²) in [4.78, 5) is 130. The average Bonchev–Trinajstić information content (AvgIpc) is 3.95. The van der Waals surface area contributed by atoms with Crippen molar-refractivity contribution < 1.29 is 71.0 Å². The molecule has 5 heterocycles. The van der Waals surface area contributed by atoms with E-state index in [9.17, 15) is 56.7 Å². The predicted octanol–water partition coefficient (Wildman–Crippen LogP) is 5.16. The Hall–Kier alpha value is -7.67. The van der Waals surface area contributed by atoms with Crippen LogP contribution in [0.3, 0.4) is 0 Å². The van der Waals surface area contributed by atoms with Crippen LogP contribution in [0, 0.1) is 17.3 Å². The third kappa shape index (κ3) is 11.5. The lowest BCUT2D eigenvalue weighted by Gasteiger charge is -2.43. The van der Waals surface area contributed by atoms with E-state index in [1.807, 2.05) is 30.3 Å². The summed E-state index contributed by atoms with van der Waals surface area (Å²) in [7, 11) is -5.87. The molecule has 78 heavy (non-hydrogen) atoms. The number of piperidine rings is 1. The van der Waals surface area contributed by atoms with Gasteiger partial charge in [0.2, 0.25) is 23.6 Å². The topological polar surface area (TPSA) is 258 Å². The third-order valence-electron chi connectivity index (χ3n) is 13.9. The number of morpholine rings is 1. The molecule has 4 aromatic carbocycles. The molecule has 19 nitrogen and oxygen atoms in total. The number of alkyl halides is 2. The molecule has 4 aliphatic rings. The Morgan fingerprint density at radius 3 is 2.42 bits per heavy atom. The van der Waals surface area contributed by atoms with Gasteiger partial charge in [0.05, 0.1) is 29.2 Å². The van der Waals surface area contributed by atoms with Gasteiger partial charge in [-0.2, -0.15) is 8.78 Å². The van der Waals surface area contributed by atoms with E-state index in [2.05, 4.69) is 27.8 Å². The van der Waals surface area contributed by atoms with E-state index in [1.165, 1.54) is 29.2 Å². The molecule has 23 heteroatoms. The van der Waals surface area contributed by atoms with Crippen LogP contribution in [0.4, 0.5) is 8.78 Å². The fourth-order valence-electron chi connectivity index (χ4n) is 9.74. The molecule has 0 aliphatic carbocycles. The Morgan fingerprint density at radius 2 is 1.69 bits per heavy atom. The van der Waals surface area contributed by atoms with Crippen LogP contribution >= 0.6 is 18.9 Å². The van der Waals surface area contributed by atoms with Gasteiger partial charge in [0.15, 0.2) is 6.61 Å². The second-order valence-corrected chi connectivity index (χ2v) is 23.0. The molecule has 9 rings (SSSR count). The lowest BCUT2D eigenvalue weighted by Crippen LogP contribution is -2.61.